The number of anilines is 1. The number of rotatable bonds is 10. The smallest absolute Gasteiger partial charge is 0.131 e. The highest BCUT2D eigenvalue weighted by atomic mass is 16.5. The largest absolute Gasteiger partial charge is 0.496 e. The van der Waals surface area contributed by atoms with Crippen LogP contribution >= 0.6 is 0 Å². The van der Waals surface area contributed by atoms with E-state index in [1.165, 1.54) is 22.0 Å². The van der Waals surface area contributed by atoms with E-state index < -0.39 is 0 Å². The van der Waals surface area contributed by atoms with Gasteiger partial charge < -0.3 is 20.4 Å². The van der Waals surface area contributed by atoms with Crippen LogP contribution in [-0.4, -0.2) is 30.2 Å². The Morgan fingerprint density at radius 1 is 0.886 bits per heavy atom. The van der Waals surface area contributed by atoms with Gasteiger partial charge in [0, 0.05) is 41.1 Å². The van der Waals surface area contributed by atoms with Crippen molar-refractivity contribution in [1.29, 1.82) is 0 Å². The summed E-state index contributed by atoms with van der Waals surface area (Å²) in [6.07, 6.45) is 3.09. The number of benzene rings is 3. The zero-order chi connectivity index (χ0) is 24.0. The summed E-state index contributed by atoms with van der Waals surface area (Å²) in [7, 11) is 1.70. The summed E-state index contributed by atoms with van der Waals surface area (Å²) in [6, 6.07) is 29.5. The topological polar surface area (TPSA) is 62.0 Å². The Kier molecular flexibility index (Phi) is 6.96. The van der Waals surface area contributed by atoms with E-state index in [0.29, 0.717) is 5.92 Å². The maximum atomic E-state index is 5.59. The summed E-state index contributed by atoms with van der Waals surface area (Å²) >= 11 is 0. The van der Waals surface area contributed by atoms with Gasteiger partial charge in [-0.3, -0.25) is 0 Å². The van der Waals surface area contributed by atoms with Crippen LogP contribution in [0.3, 0.4) is 0 Å². The predicted octanol–water partition coefficient (Wildman–Crippen LogP) is 6.35. The Morgan fingerprint density at radius 2 is 1.63 bits per heavy atom. The van der Waals surface area contributed by atoms with Crippen LogP contribution in [0.1, 0.15) is 24.1 Å². The number of aromatic nitrogens is 2. The lowest BCUT2D eigenvalue weighted by molar-refractivity contribution is 0.419. The first kappa shape index (κ1) is 22.9. The van der Waals surface area contributed by atoms with Crippen LogP contribution in [-0.2, 0) is 6.42 Å². The molecule has 0 fully saturated rings. The summed E-state index contributed by atoms with van der Waals surface area (Å²) < 4.78 is 5.59. The van der Waals surface area contributed by atoms with E-state index in [4.69, 9.17) is 9.72 Å². The second-order valence-corrected chi connectivity index (χ2v) is 9.15. The first-order chi connectivity index (χ1) is 17.2. The summed E-state index contributed by atoms with van der Waals surface area (Å²) in [5, 5.41) is 9.66. The second kappa shape index (κ2) is 10.6. The summed E-state index contributed by atoms with van der Waals surface area (Å²) in [6.45, 7) is 3.95. The highest BCUT2D eigenvalue weighted by molar-refractivity contribution is 5.87. The molecule has 2 heterocycles. The van der Waals surface area contributed by atoms with Crippen LogP contribution in [0.15, 0.2) is 91.1 Å². The molecule has 5 aromatic rings. The maximum Gasteiger partial charge on any atom is 0.131 e. The van der Waals surface area contributed by atoms with Crippen molar-refractivity contribution in [3.05, 3.63) is 102 Å². The predicted molar refractivity (Wildman–Crippen MR) is 145 cm³/mol. The van der Waals surface area contributed by atoms with Crippen molar-refractivity contribution in [3.63, 3.8) is 0 Å². The van der Waals surface area contributed by atoms with Crippen LogP contribution in [0.4, 0.5) is 5.82 Å². The molecule has 3 aromatic carbocycles. The molecule has 0 aliphatic rings. The van der Waals surface area contributed by atoms with Crippen molar-refractivity contribution < 1.29 is 4.74 Å². The Balaban J connectivity index is 1.27. The first-order valence-corrected chi connectivity index (χ1v) is 12.2. The van der Waals surface area contributed by atoms with E-state index in [1.807, 2.05) is 30.3 Å². The minimum atomic E-state index is 0.217. The standard InChI is InChI=1S/C30H32N4O/c1-21(19-33-30-17-29(35-2)24-13-7-9-15-27(24)34-30)18-31-28(16-22-10-4-3-5-11-22)25-20-32-26-14-8-6-12-23(25)26/h3-15,17,20-21,28,31-32H,16,18-19H2,1-2H3,(H,33,34). The average molecular weight is 465 g/mol. The summed E-state index contributed by atoms with van der Waals surface area (Å²) in [4.78, 5) is 8.21. The molecule has 0 saturated carbocycles. The lowest BCUT2D eigenvalue weighted by Crippen LogP contribution is -2.30. The number of hydrogen-bond acceptors (Lipinski definition) is 4. The number of H-pyrrole nitrogens is 1. The number of pyridine rings is 1. The molecule has 5 nitrogen and oxygen atoms in total. The highest BCUT2D eigenvalue weighted by Crippen LogP contribution is 2.28. The van der Waals surface area contributed by atoms with Crippen molar-refractivity contribution in [1.82, 2.24) is 15.3 Å². The number of aromatic amines is 1. The van der Waals surface area contributed by atoms with Gasteiger partial charge in [0.2, 0.25) is 0 Å². The monoisotopic (exact) mass is 464 g/mol. The molecule has 178 valence electrons. The molecule has 0 amide bonds. The van der Waals surface area contributed by atoms with E-state index in [9.17, 15) is 0 Å². The van der Waals surface area contributed by atoms with Crippen LogP contribution < -0.4 is 15.4 Å². The third kappa shape index (κ3) is 5.31. The van der Waals surface area contributed by atoms with Crippen molar-refractivity contribution in [3.8, 4) is 5.75 Å². The van der Waals surface area contributed by atoms with Crippen LogP contribution in [0.5, 0.6) is 5.75 Å². The van der Waals surface area contributed by atoms with E-state index in [0.717, 1.165) is 42.0 Å². The van der Waals surface area contributed by atoms with Gasteiger partial charge in [-0.25, -0.2) is 4.98 Å². The fourth-order valence-electron chi connectivity index (χ4n) is 4.62. The van der Waals surface area contributed by atoms with Crippen molar-refractivity contribution in [2.75, 3.05) is 25.5 Å². The van der Waals surface area contributed by atoms with Gasteiger partial charge in [-0.05, 0) is 48.2 Å². The molecule has 0 spiro atoms. The molecule has 0 bridgehead atoms. The third-order valence-electron chi connectivity index (χ3n) is 6.52. The minimum absolute atomic E-state index is 0.217. The number of nitrogens with zero attached hydrogens (tertiary/aromatic N) is 1. The molecule has 2 unspecified atom stereocenters. The second-order valence-electron chi connectivity index (χ2n) is 9.15. The minimum Gasteiger partial charge on any atom is -0.496 e. The van der Waals surface area contributed by atoms with Gasteiger partial charge in [-0.1, -0.05) is 67.6 Å². The molecular formula is C30H32N4O. The number of nitrogens with one attached hydrogen (secondary N) is 3. The van der Waals surface area contributed by atoms with Gasteiger partial charge in [-0.2, -0.15) is 0 Å². The van der Waals surface area contributed by atoms with Gasteiger partial charge in [0.15, 0.2) is 0 Å². The van der Waals surface area contributed by atoms with E-state index in [1.54, 1.807) is 7.11 Å². The number of para-hydroxylation sites is 2. The molecule has 0 saturated heterocycles. The van der Waals surface area contributed by atoms with Crippen LogP contribution in [0.2, 0.25) is 0 Å². The fourth-order valence-corrected chi connectivity index (χ4v) is 4.62. The number of ether oxygens (including phenoxy) is 1. The Labute approximate surface area is 206 Å². The molecule has 2 aromatic heterocycles. The number of methoxy groups -OCH3 is 1. The van der Waals surface area contributed by atoms with Gasteiger partial charge in [0.25, 0.3) is 0 Å². The fraction of sp³-hybridized carbons (Fsp3) is 0.233. The molecule has 2 atom stereocenters. The van der Waals surface area contributed by atoms with E-state index in [-0.39, 0.29) is 6.04 Å². The first-order valence-electron chi connectivity index (χ1n) is 12.2. The number of hydrogen-bond donors (Lipinski definition) is 3. The Hall–Kier alpha value is -3.83. The quantitative estimate of drug-likeness (QED) is 0.225. The van der Waals surface area contributed by atoms with Crippen LogP contribution in [0.25, 0.3) is 21.8 Å². The van der Waals surface area contributed by atoms with Gasteiger partial charge in [0.05, 0.1) is 12.6 Å². The molecule has 5 heteroatoms. The van der Waals surface area contributed by atoms with Crippen molar-refractivity contribution in [2.45, 2.75) is 19.4 Å². The lowest BCUT2D eigenvalue weighted by atomic mass is 9.97. The normalized spacial score (nSPS) is 13.1. The zero-order valence-electron chi connectivity index (χ0n) is 20.3. The molecule has 0 aliphatic carbocycles. The average Bonchev–Trinajstić information content (AvgIpc) is 3.34. The highest BCUT2D eigenvalue weighted by Gasteiger charge is 2.17. The maximum absolute atomic E-state index is 5.59. The van der Waals surface area contributed by atoms with E-state index >= 15 is 0 Å². The molecule has 0 radical (unpaired) electrons. The van der Waals surface area contributed by atoms with Crippen molar-refractivity contribution in [2.24, 2.45) is 5.92 Å². The Bertz CT molecular complexity index is 1400. The molecule has 3 N–H and O–H groups in total. The SMILES string of the molecule is COc1cc(NCC(C)CNC(Cc2ccccc2)c2c[nH]c3ccccc23)nc2ccccc12. The third-order valence-corrected chi connectivity index (χ3v) is 6.52. The summed E-state index contributed by atoms with van der Waals surface area (Å²) in [5.74, 6) is 2.08. The summed E-state index contributed by atoms with van der Waals surface area (Å²) in [5.41, 5.74) is 4.75. The van der Waals surface area contributed by atoms with Gasteiger partial charge in [0.1, 0.15) is 11.6 Å². The lowest BCUT2D eigenvalue weighted by Gasteiger charge is -2.22. The number of fused-ring (bicyclic) bond motifs is 2. The molecule has 35 heavy (non-hydrogen) atoms. The zero-order valence-corrected chi connectivity index (χ0v) is 20.3. The van der Waals surface area contributed by atoms with Gasteiger partial charge >= 0.3 is 0 Å². The van der Waals surface area contributed by atoms with Crippen LogP contribution in [0, 0.1) is 5.92 Å². The Morgan fingerprint density at radius 3 is 2.46 bits per heavy atom. The molecule has 0 aliphatic heterocycles. The van der Waals surface area contributed by atoms with Gasteiger partial charge in [-0.15, -0.1) is 0 Å². The molecule has 5 rings (SSSR count). The van der Waals surface area contributed by atoms with Crippen molar-refractivity contribution >= 4 is 27.6 Å². The molecular weight excluding hydrogens is 432 g/mol. The van der Waals surface area contributed by atoms with E-state index in [2.05, 4.69) is 83.3 Å².